The Morgan fingerprint density at radius 1 is 1.11 bits per heavy atom. The van der Waals surface area contributed by atoms with Gasteiger partial charge in [-0.1, -0.05) is 6.07 Å². The zero-order valence-corrected chi connectivity index (χ0v) is 20.4. The predicted octanol–water partition coefficient (Wildman–Crippen LogP) is 1.28. The number of ether oxygens (including phenoxy) is 1. The summed E-state index contributed by atoms with van der Waals surface area (Å²) < 4.78 is 5.16. The molecule has 4 N–H and O–H groups in total. The molecule has 0 bridgehead atoms. The monoisotopic (exact) mass is 487 g/mol. The van der Waals surface area contributed by atoms with Crippen molar-refractivity contribution in [2.75, 3.05) is 25.0 Å². The second-order valence-corrected chi connectivity index (χ2v) is 9.57. The molecule has 0 spiro atoms. The van der Waals surface area contributed by atoms with E-state index in [2.05, 4.69) is 21.3 Å². The molecule has 190 valence electrons. The van der Waals surface area contributed by atoms with Gasteiger partial charge in [-0.25, -0.2) is 4.79 Å². The van der Waals surface area contributed by atoms with Gasteiger partial charge in [0.25, 0.3) is 5.91 Å². The molecule has 35 heavy (non-hydrogen) atoms. The third-order valence-electron chi connectivity index (χ3n) is 5.62. The standard InChI is InChI=1S/C24H33N5O6/c1-24(2,3)35-23(34)26-12-5-4-11-25-20(31)13-27-17-8-6-7-15-16(17)14-29(22(15)33)18-9-10-19(30)28-21(18)32/h6-8,18,27H,4-5,9-14H2,1-3H3,(H,25,31)(H,26,34)(H,28,30,32). The molecule has 2 aliphatic heterocycles. The summed E-state index contributed by atoms with van der Waals surface area (Å²) >= 11 is 0. The van der Waals surface area contributed by atoms with Gasteiger partial charge >= 0.3 is 6.09 Å². The lowest BCUT2D eigenvalue weighted by atomic mass is 10.0. The maximum atomic E-state index is 12.9. The van der Waals surface area contributed by atoms with Crippen molar-refractivity contribution in [3.8, 4) is 0 Å². The van der Waals surface area contributed by atoms with Crippen LogP contribution < -0.4 is 21.3 Å². The van der Waals surface area contributed by atoms with Crippen molar-refractivity contribution in [1.82, 2.24) is 20.9 Å². The van der Waals surface area contributed by atoms with E-state index < -0.39 is 23.6 Å². The van der Waals surface area contributed by atoms with E-state index in [1.807, 2.05) is 0 Å². The van der Waals surface area contributed by atoms with Crippen molar-refractivity contribution in [1.29, 1.82) is 0 Å². The van der Waals surface area contributed by atoms with E-state index in [4.69, 9.17) is 4.74 Å². The van der Waals surface area contributed by atoms with Crippen LogP contribution in [-0.4, -0.2) is 65.9 Å². The fraction of sp³-hybridized carbons (Fsp3) is 0.542. The number of benzene rings is 1. The average molecular weight is 488 g/mol. The van der Waals surface area contributed by atoms with Crippen LogP contribution in [0.5, 0.6) is 0 Å². The van der Waals surface area contributed by atoms with Crippen molar-refractivity contribution in [2.45, 2.75) is 64.6 Å². The third kappa shape index (κ3) is 7.17. The first kappa shape index (κ1) is 26.0. The van der Waals surface area contributed by atoms with Crippen LogP contribution in [-0.2, 0) is 25.7 Å². The maximum Gasteiger partial charge on any atom is 0.407 e. The van der Waals surface area contributed by atoms with E-state index in [0.717, 1.165) is 5.56 Å². The van der Waals surface area contributed by atoms with E-state index in [9.17, 15) is 24.0 Å². The highest BCUT2D eigenvalue weighted by Gasteiger charge is 2.39. The number of amides is 5. The number of carbonyl (C=O) groups is 5. The van der Waals surface area contributed by atoms with Gasteiger partial charge in [-0.2, -0.15) is 0 Å². The molecule has 5 amide bonds. The van der Waals surface area contributed by atoms with Gasteiger partial charge in [0, 0.05) is 42.9 Å². The summed E-state index contributed by atoms with van der Waals surface area (Å²) in [6.07, 6.45) is 1.41. The van der Waals surface area contributed by atoms with Crippen LogP contribution in [0.15, 0.2) is 18.2 Å². The minimum Gasteiger partial charge on any atom is -0.444 e. The number of hydrogen-bond acceptors (Lipinski definition) is 7. The van der Waals surface area contributed by atoms with Crippen LogP contribution in [0.25, 0.3) is 0 Å². The van der Waals surface area contributed by atoms with E-state index in [-0.39, 0.29) is 37.2 Å². The van der Waals surface area contributed by atoms with E-state index >= 15 is 0 Å². The van der Waals surface area contributed by atoms with Crippen LogP contribution in [0.2, 0.25) is 0 Å². The van der Waals surface area contributed by atoms with Crippen LogP contribution in [0.4, 0.5) is 10.5 Å². The quantitative estimate of drug-likeness (QED) is 0.303. The van der Waals surface area contributed by atoms with E-state index in [1.165, 1.54) is 4.90 Å². The van der Waals surface area contributed by atoms with Crippen LogP contribution >= 0.6 is 0 Å². The fourth-order valence-corrected chi connectivity index (χ4v) is 3.97. The van der Waals surface area contributed by atoms with Gasteiger partial charge in [-0.3, -0.25) is 24.5 Å². The summed E-state index contributed by atoms with van der Waals surface area (Å²) in [4.78, 5) is 61.8. The molecule has 1 saturated heterocycles. The molecule has 1 aromatic rings. The van der Waals surface area contributed by atoms with Crippen molar-refractivity contribution < 1.29 is 28.7 Å². The summed E-state index contributed by atoms with van der Waals surface area (Å²) in [6, 6.07) is 4.52. The van der Waals surface area contributed by atoms with E-state index in [1.54, 1.807) is 39.0 Å². The number of unbranched alkanes of at least 4 members (excludes halogenated alkanes) is 1. The highest BCUT2D eigenvalue weighted by atomic mass is 16.6. The number of piperidine rings is 1. The SMILES string of the molecule is CC(C)(C)OC(=O)NCCCCNC(=O)CNc1cccc2c1CN(C1CCC(=O)NC1=O)C2=O. The van der Waals surface area contributed by atoms with Crippen LogP contribution in [0.1, 0.15) is 62.4 Å². The molecule has 0 aromatic heterocycles. The largest absolute Gasteiger partial charge is 0.444 e. The Kier molecular flexibility index (Phi) is 8.31. The van der Waals surface area contributed by atoms with Gasteiger partial charge in [-0.05, 0) is 52.2 Å². The Morgan fingerprint density at radius 3 is 2.51 bits per heavy atom. The summed E-state index contributed by atoms with van der Waals surface area (Å²) in [7, 11) is 0. The second-order valence-electron chi connectivity index (χ2n) is 9.57. The molecule has 3 rings (SSSR count). The van der Waals surface area contributed by atoms with Crippen molar-refractivity contribution in [3.05, 3.63) is 29.3 Å². The van der Waals surface area contributed by atoms with Gasteiger partial charge in [0.05, 0.1) is 6.54 Å². The zero-order chi connectivity index (χ0) is 25.6. The first-order valence-electron chi connectivity index (χ1n) is 11.8. The number of hydrogen-bond donors (Lipinski definition) is 4. The Labute approximate surface area is 204 Å². The molecule has 11 heteroatoms. The minimum atomic E-state index is -0.687. The molecule has 1 unspecified atom stereocenters. The predicted molar refractivity (Wildman–Crippen MR) is 127 cm³/mol. The molecular formula is C24H33N5O6. The highest BCUT2D eigenvalue weighted by molar-refractivity contribution is 6.06. The summed E-state index contributed by atoms with van der Waals surface area (Å²) in [5.74, 6) is -1.25. The van der Waals surface area contributed by atoms with Gasteiger partial charge in [0.1, 0.15) is 11.6 Å². The summed E-state index contributed by atoms with van der Waals surface area (Å²) in [5.41, 5.74) is 1.32. The van der Waals surface area contributed by atoms with Crippen molar-refractivity contribution in [3.63, 3.8) is 0 Å². The van der Waals surface area contributed by atoms with Crippen LogP contribution in [0.3, 0.4) is 0 Å². The molecule has 2 heterocycles. The molecular weight excluding hydrogens is 454 g/mol. The Hall–Kier alpha value is -3.63. The number of fused-ring (bicyclic) bond motifs is 1. The first-order valence-corrected chi connectivity index (χ1v) is 11.8. The smallest absolute Gasteiger partial charge is 0.407 e. The number of nitrogens with one attached hydrogen (secondary N) is 4. The van der Waals surface area contributed by atoms with E-state index in [0.29, 0.717) is 43.6 Å². The topological polar surface area (TPSA) is 146 Å². The lowest BCUT2D eigenvalue weighted by Crippen LogP contribution is -2.52. The summed E-state index contributed by atoms with van der Waals surface area (Å²) in [5, 5.41) is 10.9. The number of alkyl carbamates (subject to hydrolysis) is 1. The number of rotatable bonds is 9. The zero-order valence-electron chi connectivity index (χ0n) is 20.4. The Bertz CT molecular complexity index is 1000. The lowest BCUT2D eigenvalue weighted by Gasteiger charge is -2.29. The fourth-order valence-electron chi connectivity index (χ4n) is 3.97. The van der Waals surface area contributed by atoms with Gasteiger partial charge < -0.3 is 25.6 Å². The first-order chi connectivity index (χ1) is 16.5. The molecule has 1 atom stereocenters. The second kappa shape index (κ2) is 11.2. The highest BCUT2D eigenvalue weighted by Crippen LogP contribution is 2.32. The number of anilines is 1. The maximum absolute atomic E-state index is 12.9. The summed E-state index contributed by atoms with van der Waals surface area (Å²) in [6.45, 7) is 6.57. The number of nitrogens with zero attached hydrogens (tertiary/aromatic N) is 1. The van der Waals surface area contributed by atoms with Crippen LogP contribution in [0, 0.1) is 0 Å². The van der Waals surface area contributed by atoms with Gasteiger partial charge in [0.2, 0.25) is 17.7 Å². The van der Waals surface area contributed by atoms with Gasteiger partial charge in [-0.15, -0.1) is 0 Å². The molecule has 11 nitrogen and oxygen atoms in total. The number of carbonyl (C=O) groups excluding carboxylic acids is 5. The third-order valence-corrected chi connectivity index (χ3v) is 5.62. The van der Waals surface area contributed by atoms with Crippen molar-refractivity contribution >= 4 is 35.4 Å². The lowest BCUT2D eigenvalue weighted by molar-refractivity contribution is -0.137. The molecule has 0 saturated carbocycles. The minimum absolute atomic E-state index is 0.0270. The van der Waals surface area contributed by atoms with Crippen molar-refractivity contribution in [2.24, 2.45) is 0 Å². The molecule has 1 fully saturated rings. The molecule has 0 radical (unpaired) electrons. The molecule has 2 aliphatic rings. The Morgan fingerprint density at radius 2 is 1.83 bits per heavy atom. The molecule has 0 aliphatic carbocycles. The normalized spacial score (nSPS) is 17.5. The van der Waals surface area contributed by atoms with Gasteiger partial charge in [0.15, 0.2) is 0 Å². The average Bonchev–Trinajstić information content (AvgIpc) is 3.10. The number of imide groups is 1. The molecule has 1 aromatic carbocycles. The Balaban J connectivity index is 1.41.